The van der Waals surface area contributed by atoms with Gasteiger partial charge in [-0.25, -0.2) is 0 Å². The number of hydrogen-bond acceptors (Lipinski definition) is 3. The van der Waals surface area contributed by atoms with Crippen molar-refractivity contribution in [3.63, 3.8) is 0 Å². The van der Waals surface area contributed by atoms with Crippen molar-refractivity contribution < 1.29 is 27.4 Å². The Morgan fingerprint density at radius 3 is 2.57 bits per heavy atom. The average molecular weight is 329 g/mol. The first kappa shape index (κ1) is 16.3. The number of rotatable bonds is 4. The Hall–Kier alpha value is -1.60. The fraction of sp³-hybridized carbons (Fsp3) is 0.562. The molecule has 0 radical (unpaired) electrons. The monoisotopic (exact) mass is 329 g/mol. The molecule has 2 aliphatic rings. The number of epoxide rings is 1. The zero-order valence-corrected chi connectivity index (χ0v) is 12.4. The number of nitrogens with one attached hydrogen (secondary N) is 1. The summed E-state index contributed by atoms with van der Waals surface area (Å²) in [5.41, 5.74) is -0.232. The molecule has 0 aromatic heterocycles. The van der Waals surface area contributed by atoms with Crippen LogP contribution in [0.15, 0.2) is 24.3 Å². The number of carbonyl (C=O) groups is 1. The molecule has 2 heterocycles. The summed E-state index contributed by atoms with van der Waals surface area (Å²) in [6, 6.07) is 4.70. The summed E-state index contributed by atoms with van der Waals surface area (Å²) in [7, 11) is 0. The van der Waals surface area contributed by atoms with Crippen molar-refractivity contribution in [2.24, 2.45) is 5.92 Å². The fourth-order valence-electron chi connectivity index (χ4n) is 2.88. The highest BCUT2D eigenvalue weighted by Gasteiger charge is 2.36. The summed E-state index contributed by atoms with van der Waals surface area (Å²) in [6.07, 6.45) is -3.47. The lowest BCUT2D eigenvalue weighted by Gasteiger charge is -2.31. The molecule has 7 heteroatoms. The summed E-state index contributed by atoms with van der Waals surface area (Å²) in [4.78, 5) is 12.0. The van der Waals surface area contributed by atoms with E-state index < -0.39 is 23.9 Å². The molecule has 0 bridgehead atoms. The largest absolute Gasteiger partial charge is 0.416 e. The third-order valence-electron chi connectivity index (χ3n) is 4.23. The molecule has 1 aromatic rings. The molecule has 23 heavy (non-hydrogen) atoms. The van der Waals surface area contributed by atoms with Gasteiger partial charge in [0.1, 0.15) is 0 Å². The molecule has 0 aliphatic carbocycles. The van der Waals surface area contributed by atoms with Crippen LogP contribution in [0.1, 0.15) is 30.0 Å². The first-order chi connectivity index (χ1) is 10.9. The lowest BCUT2D eigenvalue weighted by molar-refractivity contribution is -0.137. The number of ether oxygens (including phenoxy) is 2. The molecule has 3 rings (SSSR count). The molecule has 2 aliphatic heterocycles. The van der Waals surface area contributed by atoms with E-state index in [1.165, 1.54) is 6.07 Å². The molecule has 2 saturated heterocycles. The molecule has 4 nitrogen and oxygen atoms in total. The van der Waals surface area contributed by atoms with Crippen LogP contribution in [0.4, 0.5) is 13.2 Å². The minimum absolute atomic E-state index is 0.0509. The predicted octanol–water partition coefficient (Wildman–Crippen LogP) is 2.69. The average Bonchev–Trinajstić information content (AvgIpc) is 3.37. The van der Waals surface area contributed by atoms with Crippen LogP contribution in [0, 0.1) is 5.92 Å². The van der Waals surface area contributed by atoms with Crippen molar-refractivity contribution in [3.8, 4) is 0 Å². The van der Waals surface area contributed by atoms with Gasteiger partial charge in [0.05, 0.1) is 18.2 Å². The van der Waals surface area contributed by atoms with Crippen LogP contribution in [0.5, 0.6) is 0 Å². The van der Waals surface area contributed by atoms with Crippen molar-refractivity contribution >= 4 is 5.91 Å². The van der Waals surface area contributed by atoms with E-state index in [4.69, 9.17) is 9.47 Å². The maximum Gasteiger partial charge on any atom is 0.416 e. The van der Waals surface area contributed by atoms with Gasteiger partial charge in [0.15, 0.2) is 6.10 Å². The minimum atomic E-state index is -4.40. The normalized spacial score (nSPS) is 23.3. The summed E-state index contributed by atoms with van der Waals surface area (Å²) >= 11 is 0. The maximum absolute atomic E-state index is 12.9. The molecule has 1 amide bonds. The molecule has 2 unspecified atom stereocenters. The molecule has 2 atom stereocenters. The summed E-state index contributed by atoms with van der Waals surface area (Å²) in [6.45, 7) is 1.47. The second kappa shape index (κ2) is 6.49. The van der Waals surface area contributed by atoms with Gasteiger partial charge < -0.3 is 14.8 Å². The standard InChI is InChI=1S/C16H18F3NO3/c17-16(18,19)12-3-1-2-11(8-12)14(10-4-6-22-7-5-10)20-15(21)13-9-23-13/h1-3,8,10,13-14H,4-7,9H2,(H,20,21). The Bertz CT molecular complexity index is 566. The highest BCUT2D eigenvalue weighted by atomic mass is 19.4. The Balaban J connectivity index is 1.85. The number of amides is 1. The summed E-state index contributed by atoms with van der Waals surface area (Å²) < 4.78 is 49.1. The lowest BCUT2D eigenvalue weighted by atomic mass is 9.86. The van der Waals surface area contributed by atoms with Crippen molar-refractivity contribution in [2.75, 3.05) is 19.8 Å². The van der Waals surface area contributed by atoms with Gasteiger partial charge in [-0.05, 0) is 36.5 Å². The van der Waals surface area contributed by atoms with E-state index in [2.05, 4.69) is 5.32 Å². The Morgan fingerprint density at radius 2 is 1.96 bits per heavy atom. The van der Waals surface area contributed by atoms with Crippen LogP contribution in [-0.4, -0.2) is 31.8 Å². The van der Waals surface area contributed by atoms with Gasteiger partial charge in [-0.3, -0.25) is 4.79 Å². The van der Waals surface area contributed by atoms with Crippen LogP contribution in [0.2, 0.25) is 0 Å². The minimum Gasteiger partial charge on any atom is -0.381 e. The molecule has 126 valence electrons. The van der Waals surface area contributed by atoms with E-state index in [1.54, 1.807) is 6.07 Å². The third-order valence-corrected chi connectivity index (χ3v) is 4.23. The number of benzene rings is 1. The maximum atomic E-state index is 12.9. The van der Waals surface area contributed by atoms with E-state index in [-0.39, 0.29) is 11.8 Å². The second-order valence-corrected chi connectivity index (χ2v) is 5.88. The topological polar surface area (TPSA) is 50.9 Å². The van der Waals surface area contributed by atoms with Crippen molar-refractivity contribution in [3.05, 3.63) is 35.4 Å². The van der Waals surface area contributed by atoms with Crippen LogP contribution in [0.25, 0.3) is 0 Å². The smallest absolute Gasteiger partial charge is 0.381 e. The van der Waals surface area contributed by atoms with Gasteiger partial charge in [-0.15, -0.1) is 0 Å². The van der Waals surface area contributed by atoms with Crippen molar-refractivity contribution in [1.29, 1.82) is 0 Å². The van der Waals surface area contributed by atoms with Gasteiger partial charge >= 0.3 is 6.18 Å². The summed E-state index contributed by atoms with van der Waals surface area (Å²) in [5.74, 6) is -0.214. The van der Waals surface area contributed by atoms with E-state index in [1.807, 2.05) is 0 Å². The number of carbonyl (C=O) groups excluding carboxylic acids is 1. The number of alkyl halides is 3. The summed E-state index contributed by atoms with van der Waals surface area (Å²) in [5, 5.41) is 2.86. The first-order valence-electron chi connectivity index (χ1n) is 7.62. The van der Waals surface area contributed by atoms with Gasteiger partial charge in [0, 0.05) is 13.2 Å². The molecular weight excluding hydrogens is 311 g/mol. The molecule has 2 fully saturated rings. The quantitative estimate of drug-likeness (QED) is 0.864. The SMILES string of the molecule is O=C(NC(c1cccc(C(F)(F)F)c1)C1CCOCC1)C1CO1. The fourth-order valence-corrected chi connectivity index (χ4v) is 2.88. The highest BCUT2D eigenvalue weighted by Crippen LogP contribution is 2.35. The van der Waals surface area contributed by atoms with Gasteiger partial charge in [-0.2, -0.15) is 13.2 Å². The molecule has 1 N–H and O–H groups in total. The van der Waals surface area contributed by atoms with Crippen molar-refractivity contribution in [1.82, 2.24) is 5.32 Å². The van der Waals surface area contributed by atoms with Gasteiger partial charge in [-0.1, -0.05) is 12.1 Å². The lowest BCUT2D eigenvalue weighted by Crippen LogP contribution is -2.38. The Labute approximate surface area is 132 Å². The molecule has 0 saturated carbocycles. The van der Waals surface area contributed by atoms with E-state index in [9.17, 15) is 18.0 Å². The first-order valence-corrected chi connectivity index (χ1v) is 7.62. The van der Waals surface area contributed by atoms with E-state index in [0.717, 1.165) is 12.1 Å². The van der Waals surface area contributed by atoms with Crippen LogP contribution in [0.3, 0.4) is 0 Å². The third kappa shape index (κ3) is 4.03. The van der Waals surface area contributed by atoms with Gasteiger partial charge in [0.2, 0.25) is 0 Å². The second-order valence-electron chi connectivity index (χ2n) is 5.88. The number of hydrogen-bond donors (Lipinski definition) is 1. The van der Waals surface area contributed by atoms with Crippen LogP contribution >= 0.6 is 0 Å². The number of halogens is 3. The zero-order chi connectivity index (χ0) is 16.4. The Morgan fingerprint density at radius 1 is 1.26 bits per heavy atom. The van der Waals surface area contributed by atoms with Gasteiger partial charge in [0.25, 0.3) is 5.91 Å². The predicted molar refractivity (Wildman–Crippen MR) is 75.6 cm³/mol. The van der Waals surface area contributed by atoms with E-state index >= 15 is 0 Å². The van der Waals surface area contributed by atoms with Crippen LogP contribution < -0.4 is 5.32 Å². The molecular formula is C16H18F3NO3. The highest BCUT2D eigenvalue weighted by molar-refractivity contribution is 5.83. The Kier molecular flexibility index (Phi) is 4.59. The van der Waals surface area contributed by atoms with Crippen LogP contribution in [-0.2, 0) is 20.4 Å². The molecule has 1 aromatic carbocycles. The zero-order valence-electron chi connectivity index (χ0n) is 12.4. The van der Waals surface area contributed by atoms with E-state index in [0.29, 0.717) is 38.2 Å². The van der Waals surface area contributed by atoms with Crippen molar-refractivity contribution in [2.45, 2.75) is 31.2 Å². The molecule has 0 spiro atoms.